The number of rotatable bonds is 3. The zero-order valence-electron chi connectivity index (χ0n) is 13.3. The summed E-state index contributed by atoms with van der Waals surface area (Å²) in [4.78, 5) is 4.92. The highest BCUT2D eigenvalue weighted by Crippen LogP contribution is 2.40. The molecule has 3 unspecified atom stereocenters. The van der Waals surface area contributed by atoms with Gasteiger partial charge in [0.1, 0.15) is 5.82 Å². The first kappa shape index (κ1) is 14.9. The van der Waals surface area contributed by atoms with E-state index in [2.05, 4.69) is 43.5 Å². The summed E-state index contributed by atoms with van der Waals surface area (Å²) in [7, 11) is 0. The van der Waals surface area contributed by atoms with Gasteiger partial charge in [-0.3, -0.25) is 0 Å². The Kier molecular flexibility index (Phi) is 4.26. The fourth-order valence-electron chi connectivity index (χ4n) is 3.85. The van der Waals surface area contributed by atoms with Crippen LogP contribution in [0.2, 0.25) is 0 Å². The van der Waals surface area contributed by atoms with Gasteiger partial charge in [0.05, 0.1) is 11.0 Å². The third-order valence-electron chi connectivity index (χ3n) is 5.31. The molecule has 1 aliphatic rings. The average molecular weight is 305 g/mol. The van der Waals surface area contributed by atoms with Crippen LogP contribution in [0.5, 0.6) is 0 Å². The first-order valence-electron chi connectivity index (χ1n) is 8.16. The van der Waals surface area contributed by atoms with Gasteiger partial charge in [0, 0.05) is 18.3 Å². The Morgan fingerprint density at radius 3 is 2.86 bits per heavy atom. The summed E-state index contributed by atoms with van der Waals surface area (Å²) in [5.41, 5.74) is 3.71. The van der Waals surface area contributed by atoms with E-state index in [0.29, 0.717) is 17.8 Å². The number of alkyl halides is 1. The van der Waals surface area contributed by atoms with E-state index in [1.165, 1.54) is 36.2 Å². The normalized spacial score (nSPS) is 26.4. The second kappa shape index (κ2) is 6.00. The highest BCUT2D eigenvalue weighted by Gasteiger charge is 2.30. The summed E-state index contributed by atoms with van der Waals surface area (Å²) in [6, 6.07) is 7.09. The molecular formula is C18H25ClN2. The molecule has 3 heteroatoms. The Morgan fingerprint density at radius 1 is 1.29 bits per heavy atom. The van der Waals surface area contributed by atoms with Crippen LogP contribution in [0.1, 0.15) is 50.5 Å². The zero-order valence-corrected chi connectivity index (χ0v) is 14.0. The van der Waals surface area contributed by atoms with Crippen molar-refractivity contribution in [2.75, 3.05) is 5.88 Å². The molecule has 0 saturated heterocycles. The van der Waals surface area contributed by atoms with Crippen LogP contribution in [0, 0.1) is 18.8 Å². The Labute approximate surface area is 132 Å². The number of hydrogen-bond acceptors (Lipinski definition) is 1. The van der Waals surface area contributed by atoms with Gasteiger partial charge in [-0.15, -0.1) is 11.6 Å². The third kappa shape index (κ3) is 2.59. The number of aromatic nitrogens is 2. The lowest BCUT2D eigenvalue weighted by Crippen LogP contribution is -2.28. The van der Waals surface area contributed by atoms with E-state index in [0.717, 1.165) is 17.9 Å². The number of fused-ring (bicyclic) bond motifs is 1. The van der Waals surface area contributed by atoms with E-state index in [-0.39, 0.29) is 0 Å². The molecule has 1 aliphatic carbocycles. The SMILES string of the molecule is Cc1cccc2c1nc(CCCl)n2C1CCCC(C)C1C. The average Bonchev–Trinajstić information content (AvgIpc) is 2.82. The van der Waals surface area contributed by atoms with Gasteiger partial charge < -0.3 is 4.57 Å². The molecule has 0 aliphatic heterocycles. The molecule has 1 fully saturated rings. The van der Waals surface area contributed by atoms with Crippen LogP contribution in [0.25, 0.3) is 11.0 Å². The minimum absolute atomic E-state index is 0.568. The number of nitrogens with zero attached hydrogens (tertiary/aromatic N) is 2. The van der Waals surface area contributed by atoms with E-state index in [9.17, 15) is 0 Å². The summed E-state index contributed by atoms with van der Waals surface area (Å²) < 4.78 is 2.50. The van der Waals surface area contributed by atoms with Crippen molar-refractivity contribution in [3.8, 4) is 0 Å². The molecule has 21 heavy (non-hydrogen) atoms. The van der Waals surface area contributed by atoms with Crippen LogP contribution in [0.15, 0.2) is 18.2 Å². The predicted molar refractivity (Wildman–Crippen MR) is 90.1 cm³/mol. The van der Waals surface area contributed by atoms with Gasteiger partial charge in [-0.2, -0.15) is 0 Å². The van der Waals surface area contributed by atoms with E-state index in [1.54, 1.807) is 0 Å². The lowest BCUT2D eigenvalue weighted by Gasteiger charge is -2.36. The minimum atomic E-state index is 0.568. The number of imidazole rings is 1. The highest BCUT2D eigenvalue weighted by molar-refractivity contribution is 6.17. The molecular weight excluding hydrogens is 280 g/mol. The van der Waals surface area contributed by atoms with Crippen molar-refractivity contribution < 1.29 is 0 Å². The Bertz CT molecular complexity index is 631. The van der Waals surface area contributed by atoms with E-state index >= 15 is 0 Å². The van der Waals surface area contributed by atoms with Gasteiger partial charge in [0.15, 0.2) is 0 Å². The lowest BCUT2D eigenvalue weighted by atomic mass is 9.78. The van der Waals surface area contributed by atoms with Gasteiger partial charge in [0.25, 0.3) is 0 Å². The van der Waals surface area contributed by atoms with Gasteiger partial charge in [-0.05, 0) is 36.8 Å². The van der Waals surface area contributed by atoms with Crippen molar-refractivity contribution in [2.24, 2.45) is 11.8 Å². The van der Waals surface area contributed by atoms with E-state index < -0.39 is 0 Å². The van der Waals surface area contributed by atoms with Gasteiger partial charge >= 0.3 is 0 Å². The van der Waals surface area contributed by atoms with Crippen LogP contribution in [-0.4, -0.2) is 15.4 Å². The lowest BCUT2D eigenvalue weighted by molar-refractivity contribution is 0.187. The predicted octanol–water partition coefficient (Wildman–Crippen LogP) is 5.12. The topological polar surface area (TPSA) is 17.8 Å². The maximum Gasteiger partial charge on any atom is 0.111 e. The zero-order chi connectivity index (χ0) is 15.0. The molecule has 2 nitrogen and oxygen atoms in total. The second-order valence-electron chi connectivity index (χ2n) is 6.61. The van der Waals surface area contributed by atoms with E-state index in [4.69, 9.17) is 16.6 Å². The number of hydrogen-bond donors (Lipinski definition) is 0. The molecule has 3 rings (SSSR count). The van der Waals surface area contributed by atoms with Crippen LogP contribution in [0.4, 0.5) is 0 Å². The van der Waals surface area contributed by atoms with Crippen molar-refractivity contribution in [1.82, 2.24) is 9.55 Å². The molecule has 0 spiro atoms. The largest absolute Gasteiger partial charge is 0.325 e. The minimum Gasteiger partial charge on any atom is -0.325 e. The number of halogens is 1. The summed E-state index contributed by atoms with van der Waals surface area (Å²) in [5, 5.41) is 0. The fourth-order valence-corrected chi connectivity index (χ4v) is 4.02. The van der Waals surface area contributed by atoms with Crippen LogP contribution < -0.4 is 0 Å². The smallest absolute Gasteiger partial charge is 0.111 e. The molecule has 0 radical (unpaired) electrons. The maximum atomic E-state index is 6.03. The fraction of sp³-hybridized carbons (Fsp3) is 0.611. The number of benzene rings is 1. The Balaban J connectivity index is 2.15. The first-order chi connectivity index (χ1) is 10.1. The Hall–Kier alpha value is -1.02. The van der Waals surface area contributed by atoms with Gasteiger partial charge in [-0.25, -0.2) is 4.98 Å². The quantitative estimate of drug-likeness (QED) is 0.719. The number of aryl methyl sites for hydroxylation is 2. The van der Waals surface area contributed by atoms with Crippen LogP contribution in [-0.2, 0) is 6.42 Å². The molecule has 3 atom stereocenters. The molecule has 1 aromatic carbocycles. The molecule has 0 N–H and O–H groups in total. The monoisotopic (exact) mass is 304 g/mol. The summed E-state index contributed by atoms with van der Waals surface area (Å²) in [6.07, 6.45) is 4.80. The highest BCUT2D eigenvalue weighted by atomic mass is 35.5. The van der Waals surface area contributed by atoms with E-state index in [1.807, 2.05) is 0 Å². The molecule has 1 heterocycles. The first-order valence-corrected chi connectivity index (χ1v) is 8.69. The number of para-hydroxylation sites is 1. The van der Waals surface area contributed by atoms with Crippen LogP contribution >= 0.6 is 11.6 Å². The molecule has 114 valence electrons. The molecule has 1 aromatic heterocycles. The molecule has 2 aromatic rings. The summed E-state index contributed by atoms with van der Waals surface area (Å²) >= 11 is 6.03. The van der Waals surface area contributed by atoms with Crippen LogP contribution in [0.3, 0.4) is 0 Å². The molecule has 1 saturated carbocycles. The van der Waals surface area contributed by atoms with Crippen molar-refractivity contribution in [1.29, 1.82) is 0 Å². The maximum absolute atomic E-state index is 6.03. The van der Waals surface area contributed by atoms with Crippen molar-refractivity contribution in [2.45, 2.75) is 52.5 Å². The summed E-state index contributed by atoms with van der Waals surface area (Å²) in [5.74, 6) is 3.29. The standard InChI is InChI=1S/C18H25ClN2/c1-12-6-4-8-15(14(12)3)21-16-9-5-7-13(2)18(16)20-17(21)10-11-19/h5,7,9,12,14-15H,4,6,8,10-11H2,1-3H3. The molecule has 0 bridgehead atoms. The van der Waals surface area contributed by atoms with Crippen molar-refractivity contribution in [3.05, 3.63) is 29.6 Å². The Morgan fingerprint density at radius 2 is 2.10 bits per heavy atom. The third-order valence-corrected chi connectivity index (χ3v) is 5.50. The van der Waals surface area contributed by atoms with Gasteiger partial charge in [-0.1, -0.05) is 38.8 Å². The van der Waals surface area contributed by atoms with Crippen molar-refractivity contribution in [3.63, 3.8) is 0 Å². The van der Waals surface area contributed by atoms with Gasteiger partial charge in [0.2, 0.25) is 0 Å². The summed E-state index contributed by atoms with van der Waals surface area (Å²) in [6.45, 7) is 6.94. The van der Waals surface area contributed by atoms with Crippen molar-refractivity contribution >= 4 is 22.6 Å². The molecule has 0 amide bonds. The second-order valence-corrected chi connectivity index (χ2v) is 6.99.